The van der Waals surface area contributed by atoms with Crippen LogP contribution < -0.4 is 0 Å². The summed E-state index contributed by atoms with van der Waals surface area (Å²) in [6.45, 7) is 2.26. The Kier molecular flexibility index (Phi) is 1.19. The van der Waals surface area contributed by atoms with Crippen LogP contribution in [0.4, 0.5) is 0 Å². The first kappa shape index (κ1) is 6.71. The van der Waals surface area contributed by atoms with Gasteiger partial charge in [-0.25, -0.2) is 0 Å². The summed E-state index contributed by atoms with van der Waals surface area (Å²) < 4.78 is 0. The van der Waals surface area contributed by atoms with Crippen molar-refractivity contribution >= 4 is 0 Å². The van der Waals surface area contributed by atoms with Crippen LogP contribution in [0.2, 0.25) is 0 Å². The molecule has 0 N–H and O–H groups in total. The molecule has 1 aromatic carbocycles. The van der Waals surface area contributed by atoms with E-state index in [-0.39, 0.29) is 0 Å². The standard InChI is InChI=1S/C12H14/c1-2-8-4-3-5-10-11(8)6-9-7-12(9)10/h3-5,9,12H,2,6-7H2,1H3. The van der Waals surface area contributed by atoms with E-state index >= 15 is 0 Å². The van der Waals surface area contributed by atoms with Crippen molar-refractivity contribution in [1.29, 1.82) is 0 Å². The van der Waals surface area contributed by atoms with Crippen molar-refractivity contribution in [2.24, 2.45) is 5.92 Å². The number of rotatable bonds is 1. The van der Waals surface area contributed by atoms with Gasteiger partial charge in [0.05, 0.1) is 0 Å². The molecular formula is C12H14. The van der Waals surface area contributed by atoms with E-state index in [2.05, 4.69) is 25.1 Å². The molecule has 0 radical (unpaired) electrons. The van der Waals surface area contributed by atoms with Gasteiger partial charge in [0.25, 0.3) is 0 Å². The van der Waals surface area contributed by atoms with Gasteiger partial charge in [0.1, 0.15) is 0 Å². The lowest BCUT2D eigenvalue weighted by atomic mass is 9.98. The molecule has 0 aliphatic heterocycles. The normalized spacial score (nSPS) is 29.8. The van der Waals surface area contributed by atoms with Crippen molar-refractivity contribution in [1.82, 2.24) is 0 Å². The van der Waals surface area contributed by atoms with E-state index in [9.17, 15) is 0 Å². The second-order valence-corrected chi connectivity index (χ2v) is 4.14. The second-order valence-electron chi connectivity index (χ2n) is 4.14. The molecule has 1 saturated carbocycles. The molecule has 1 aromatic rings. The molecule has 0 saturated heterocycles. The molecule has 62 valence electrons. The van der Waals surface area contributed by atoms with Crippen molar-refractivity contribution in [3.05, 3.63) is 34.9 Å². The van der Waals surface area contributed by atoms with Gasteiger partial charge < -0.3 is 0 Å². The highest BCUT2D eigenvalue weighted by Crippen LogP contribution is 2.56. The third-order valence-electron chi connectivity index (χ3n) is 3.48. The topological polar surface area (TPSA) is 0 Å². The van der Waals surface area contributed by atoms with Gasteiger partial charge in [-0.15, -0.1) is 0 Å². The lowest BCUT2D eigenvalue weighted by Gasteiger charge is -2.07. The van der Waals surface area contributed by atoms with Crippen LogP contribution in [0.3, 0.4) is 0 Å². The lowest BCUT2D eigenvalue weighted by molar-refractivity contribution is 0.847. The van der Waals surface area contributed by atoms with Gasteiger partial charge in [0.15, 0.2) is 0 Å². The zero-order valence-corrected chi connectivity index (χ0v) is 7.51. The summed E-state index contributed by atoms with van der Waals surface area (Å²) in [4.78, 5) is 0. The Labute approximate surface area is 73.6 Å². The van der Waals surface area contributed by atoms with Gasteiger partial charge >= 0.3 is 0 Å². The molecule has 0 amide bonds. The fourth-order valence-electron chi connectivity index (χ4n) is 2.70. The molecule has 2 aliphatic carbocycles. The largest absolute Gasteiger partial charge is 0.0617 e. The number of fused-ring (bicyclic) bond motifs is 3. The van der Waals surface area contributed by atoms with Crippen LogP contribution in [0.5, 0.6) is 0 Å². The van der Waals surface area contributed by atoms with Gasteiger partial charge in [0, 0.05) is 0 Å². The predicted octanol–water partition coefficient (Wildman–Crippen LogP) is 2.91. The molecule has 2 unspecified atom stereocenters. The fourth-order valence-corrected chi connectivity index (χ4v) is 2.70. The average Bonchev–Trinajstić information content (AvgIpc) is 2.78. The summed E-state index contributed by atoms with van der Waals surface area (Å²) in [6.07, 6.45) is 4.06. The Hall–Kier alpha value is -0.780. The Balaban J connectivity index is 2.16. The summed E-state index contributed by atoms with van der Waals surface area (Å²) in [5.41, 5.74) is 4.97. The molecule has 0 nitrogen and oxygen atoms in total. The van der Waals surface area contributed by atoms with Crippen LogP contribution in [-0.2, 0) is 12.8 Å². The van der Waals surface area contributed by atoms with E-state index in [4.69, 9.17) is 0 Å². The first-order chi connectivity index (χ1) is 5.90. The van der Waals surface area contributed by atoms with Crippen LogP contribution in [0, 0.1) is 5.92 Å². The van der Waals surface area contributed by atoms with E-state index in [0.29, 0.717) is 0 Å². The van der Waals surface area contributed by atoms with Crippen molar-refractivity contribution in [2.75, 3.05) is 0 Å². The third-order valence-corrected chi connectivity index (χ3v) is 3.48. The first-order valence-corrected chi connectivity index (χ1v) is 5.00. The summed E-state index contributed by atoms with van der Waals surface area (Å²) in [5, 5.41) is 0. The molecule has 0 heteroatoms. The summed E-state index contributed by atoms with van der Waals surface area (Å²) in [7, 11) is 0. The molecule has 0 bridgehead atoms. The Bertz CT molecular complexity index is 325. The highest BCUT2D eigenvalue weighted by atomic mass is 14.5. The smallest absolute Gasteiger partial charge is 0.0124 e. The Morgan fingerprint density at radius 3 is 3.17 bits per heavy atom. The minimum atomic E-state index is 0.964. The molecule has 1 fully saturated rings. The third kappa shape index (κ3) is 0.730. The van der Waals surface area contributed by atoms with E-state index < -0.39 is 0 Å². The monoisotopic (exact) mass is 158 g/mol. The zero-order valence-electron chi connectivity index (χ0n) is 7.51. The molecule has 0 heterocycles. The lowest BCUT2D eigenvalue weighted by Crippen LogP contribution is -1.93. The Morgan fingerprint density at radius 1 is 1.42 bits per heavy atom. The maximum atomic E-state index is 2.34. The van der Waals surface area contributed by atoms with Gasteiger partial charge in [-0.1, -0.05) is 25.1 Å². The van der Waals surface area contributed by atoms with Crippen LogP contribution in [0.25, 0.3) is 0 Å². The summed E-state index contributed by atoms with van der Waals surface area (Å²) in [5.74, 6) is 2.00. The fraction of sp³-hybridized carbons (Fsp3) is 0.500. The molecule has 12 heavy (non-hydrogen) atoms. The van der Waals surface area contributed by atoms with E-state index in [1.807, 2.05) is 0 Å². The second kappa shape index (κ2) is 2.12. The minimum absolute atomic E-state index is 0.964. The highest BCUT2D eigenvalue weighted by molar-refractivity contribution is 5.46. The van der Waals surface area contributed by atoms with E-state index in [1.54, 1.807) is 16.7 Å². The highest BCUT2D eigenvalue weighted by Gasteiger charge is 2.45. The molecule has 3 rings (SSSR count). The summed E-state index contributed by atoms with van der Waals surface area (Å²) >= 11 is 0. The van der Waals surface area contributed by atoms with Crippen LogP contribution >= 0.6 is 0 Å². The number of benzene rings is 1. The molecular weight excluding hydrogens is 144 g/mol. The van der Waals surface area contributed by atoms with Gasteiger partial charge in [-0.05, 0) is 47.8 Å². The van der Waals surface area contributed by atoms with Crippen molar-refractivity contribution in [3.8, 4) is 0 Å². The van der Waals surface area contributed by atoms with Gasteiger partial charge in [0.2, 0.25) is 0 Å². The average molecular weight is 158 g/mol. The Morgan fingerprint density at radius 2 is 2.33 bits per heavy atom. The van der Waals surface area contributed by atoms with Crippen molar-refractivity contribution in [2.45, 2.75) is 32.1 Å². The number of hydrogen-bond donors (Lipinski definition) is 0. The first-order valence-electron chi connectivity index (χ1n) is 5.00. The van der Waals surface area contributed by atoms with Crippen molar-refractivity contribution in [3.63, 3.8) is 0 Å². The van der Waals surface area contributed by atoms with Crippen LogP contribution in [0.15, 0.2) is 18.2 Å². The summed E-state index contributed by atoms with van der Waals surface area (Å²) in [6, 6.07) is 6.87. The molecule has 2 aliphatic rings. The quantitative estimate of drug-likeness (QED) is 0.589. The molecule has 0 spiro atoms. The maximum absolute atomic E-state index is 2.34. The SMILES string of the molecule is CCc1cccc2c1CC1CC21. The minimum Gasteiger partial charge on any atom is -0.0617 e. The molecule has 2 atom stereocenters. The molecule has 0 aromatic heterocycles. The van der Waals surface area contributed by atoms with E-state index in [0.717, 1.165) is 11.8 Å². The maximum Gasteiger partial charge on any atom is -0.0124 e. The predicted molar refractivity (Wildman–Crippen MR) is 50.4 cm³/mol. The van der Waals surface area contributed by atoms with Crippen LogP contribution in [0.1, 0.15) is 36.0 Å². The van der Waals surface area contributed by atoms with Crippen LogP contribution in [-0.4, -0.2) is 0 Å². The van der Waals surface area contributed by atoms with Gasteiger partial charge in [-0.3, -0.25) is 0 Å². The van der Waals surface area contributed by atoms with E-state index in [1.165, 1.54) is 19.3 Å². The number of aryl methyl sites for hydroxylation is 1. The zero-order chi connectivity index (χ0) is 8.13. The number of hydrogen-bond acceptors (Lipinski definition) is 0. The van der Waals surface area contributed by atoms with Gasteiger partial charge in [-0.2, -0.15) is 0 Å². The van der Waals surface area contributed by atoms with Crippen molar-refractivity contribution < 1.29 is 0 Å².